The zero-order valence-electron chi connectivity index (χ0n) is 17.9. The van der Waals surface area contributed by atoms with E-state index in [1.165, 1.54) is 43.7 Å². The van der Waals surface area contributed by atoms with Gasteiger partial charge in [0.25, 0.3) is 0 Å². The van der Waals surface area contributed by atoms with Gasteiger partial charge in [-0.3, -0.25) is 13.9 Å². The second kappa shape index (κ2) is 8.22. The Hall–Kier alpha value is -3.08. The zero-order chi connectivity index (χ0) is 21.4. The minimum Gasteiger partial charge on any atom is -0.337 e. The number of para-hydroxylation sites is 2. The van der Waals surface area contributed by atoms with Crippen LogP contribution in [0, 0.1) is 0 Å². The van der Waals surface area contributed by atoms with Gasteiger partial charge in [-0.25, -0.2) is 4.79 Å². The molecule has 2 heterocycles. The molecule has 2 aromatic carbocycles. The summed E-state index contributed by atoms with van der Waals surface area (Å²) in [6.07, 6.45) is 8.62. The molecule has 31 heavy (non-hydrogen) atoms. The van der Waals surface area contributed by atoms with E-state index in [2.05, 4.69) is 30.8 Å². The highest BCUT2D eigenvalue weighted by molar-refractivity contribution is 5.87. The Bertz CT molecular complexity index is 1170. The lowest BCUT2D eigenvalue weighted by Gasteiger charge is -2.22. The molecule has 3 aromatic rings. The third-order valence-corrected chi connectivity index (χ3v) is 7.02. The van der Waals surface area contributed by atoms with Crippen LogP contribution >= 0.6 is 0 Å². The van der Waals surface area contributed by atoms with Crippen molar-refractivity contribution in [1.29, 1.82) is 0 Å². The molecule has 5 heteroatoms. The number of carbonyl (C=O) groups is 1. The van der Waals surface area contributed by atoms with Gasteiger partial charge in [0.05, 0.1) is 22.8 Å². The highest BCUT2D eigenvalue weighted by Gasteiger charge is 2.29. The quantitative estimate of drug-likeness (QED) is 0.575. The molecule has 1 saturated carbocycles. The van der Waals surface area contributed by atoms with Crippen LogP contribution in [-0.4, -0.2) is 33.0 Å². The summed E-state index contributed by atoms with van der Waals surface area (Å²) in [6.45, 7) is 4.78. The number of aromatic nitrogens is 2. The van der Waals surface area contributed by atoms with Crippen LogP contribution in [0.25, 0.3) is 16.7 Å². The molecule has 0 unspecified atom stereocenters. The third kappa shape index (κ3) is 3.52. The van der Waals surface area contributed by atoms with E-state index in [-0.39, 0.29) is 17.6 Å². The highest BCUT2D eigenvalue weighted by Crippen LogP contribution is 2.33. The second-order valence-corrected chi connectivity index (χ2v) is 8.83. The molecule has 0 bridgehead atoms. The van der Waals surface area contributed by atoms with Gasteiger partial charge in [-0.2, -0.15) is 0 Å². The molecule has 2 fully saturated rings. The molecule has 5 rings (SSSR count). The summed E-state index contributed by atoms with van der Waals surface area (Å²) in [7, 11) is 0. The zero-order valence-corrected chi connectivity index (χ0v) is 17.9. The second-order valence-electron chi connectivity index (χ2n) is 8.83. The predicted molar refractivity (Wildman–Crippen MR) is 124 cm³/mol. The van der Waals surface area contributed by atoms with Crippen molar-refractivity contribution >= 4 is 16.9 Å². The van der Waals surface area contributed by atoms with E-state index in [0.717, 1.165) is 23.1 Å². The SMILES string of the molecule is C=CC(=O)N1CC[C@H](n2c(=O)n(-c3ccc(C4CCCCC4)cc3)c3ccccc32)C1. The molecule has 2 aliphatic rings. The fraction of sp³-hybridized carbons (Fsp3) is 0.385. The van der Waals surface area contributed by atoms with Gasteiger partial charge in [-0.1, -0.05) is 50.1 Å². The van der Waals surface area contributed by atoms with Gasteiger partial charge in [0.1, 0.15) is 0 Å². The van der Waals surface area contributed by atoms with E-state index >= 15 is 0 Å². The van der Waals surface area contributed by atoms with E-state index in [0.29, 0.717) is 19.0 Å². The summed E-state index contributed by atoms with van der Waals surface area (Å²) in [4.78, 5) is 27.4. The Morgan fingerprint density at radius 1 is 0.935 bits per heavy atom. The van der Waals surface area contributed by atoms with Gasteiger partial charge in [0.2, 0.25) is 5.91 Å². The first kappa shape index (κ1) is 19.9. The van der Waals surface area contributed by atoms with E-state index in [1.807, 2.05) is 33.4 Å². The summed E-state index contributed by atoms with van der Waals surface area (Å²) >= 11 is 0. The smallest absolute Gasteiger partial charge is 0.334 e. The fourth-order valence-corrected chi connectivity index (χ4v) is 5.39. The maximum atomic E-state index is 13.6. The Labute approximate surface area is 182 Å². The molecule has 1 aliphatic carbocycles. The van der Waals surface area contributed by atoms with Crippen molar-refractivity contribution in [2.24, 2.45) is 0 Å². The van der Waals surface area contributed by atoms with Gasteiger partial charge in [-0.15, -0.1) is 0 Å². The molecule has 1 aliphatic heterocycles. The number of hydrogen-bond donors (Lipinski definition) is 0. The van der Waals surface area contributed by atoms with Crippen LogP contribution < -0.4 is 5.69 Å². The van der Waals surface area contributed by atoms with Gasteiger partial charge in [0.15, 0.2) is 0 Å². The van der Waals surface area contributed by atoms with E-state index in [4.69, 9.17) is 0 Å². The molecular formula is C26H29N3O2. The fourth-order valence-electron chi connectivity index (χ4n) is 5.39. The molecule has 1 atom stereocenters. The van der Waals surface area contributed by atoms with Crippen LogP contribution in [0.5, 0.6) is 0 Å². The number of hydrogen-bond acceptors (Lipinski definition) is 2. The Balaban J connectivity index is 1.53. The average Bonchev–Trinajstić information content (AvgIpc) is 3.41. The van der Waals surface area contributed by atoms with Crippen LogP contribution in [-0.2, 0) is 4.79 Å². The van der Waals surface area contributed by atoms with Crippen molar-refractivity contribution in [3.63, 3.8) is 0 Å². The standard InChI is InChI=1S/C26H29N3O2/c1-2-25(30)27-17-16-22(18-27)29-24-11-7-6-10-23(24)28(26(29)31)21-14-12-20(13-15-21)19-8-4-3-5-9-19/h2,6-7,10-15,19,22H,1,3-5,8-9,16-18H2/t22-/m0/s1. The Morgan fingerprint density at radius 3 is 2.35 bits per heavy atom. The Morgan fingerprint density at radius 2 is 1.65 bits per heavy atom. The molecule has 0 spiro atoms. The normalized spacial score (nSPS) is 19.7. The largest absolute Gasteiger partial charge is 0.337 e. The number of rotatable bonds is 4. The number of fused-ring (bicyclic) bond motifs is 1. The van der Waals surface area contributed by atoms with Gasteiger partial charge in [0, 0.05) is 13.1 Å². The van der Waals surface area contributed by atoms with Crippen LogP contribution in [0.2, 0.25) is 0 Å². The highest BCUT2D eigenvalue weighted by atomic mass is 16.2. The number of nitrogens with zero attached hydrogens (tertiary/aromatic N) is 3. The van der Waals surface area contributed by atoms with Gasteiger partial charge < -0.3 is 4.90 Å². The maximum Gasteiger partial charge on any atom is 0.334 e. The summed E-state index contributed by atoms with van der Waals surface area (Å²) in [5, 5.41) is 0. The van der Waals surface area contributed by atoms with E-state index < -0.39 is 0 Å². The third-order valence-electron chi connectivity index (χ3n) is 7.02. The lowest BCUT2D eigenvalue weighted by molar-refractivity contribution is -0.125. The first-order valence-corrected chi connectivity index (χ1v) is 11.4. The molecule has 0 N–H and O–H groups in total. The molecule has 5 nitrogen and oxygen atoms in total. The first-order valence-electron chi connectivity index (χ1n) is 11.4. The van der Waals surface area contributed by atoms with Crippen molar-refractivity contribution < 1.29 is 4.79 Å². The molecule has 160 valence electrons. The topological polar surface area (TPSA) is 47.2 Å². The van der Waals surface area contributed by atoms with Crippen LogP contribution in [0.15, 0.2) is 66.0 Å². The maximum absolute atomic E-state index is 13.6. The van der Waals surface area contributed by atoms with Crippen molar-refractivity contribution in [2.45, 2.75) is 50.5 Å². The average molecular weight is 416 g/mol. The number of benzene rings is 2. The van der Waals surface area contributed by atoms with E-state index in [9.17, 15) is 9.59 Å². The van der Waals surface area contributed by atoms with Crippen molar-refractivity contribution in [1.82, 2.24) is 14.0 Å². The minimum atomic E-state index is -0.0717. The summed E-state index contributed by atoms with van der Waals surface area (Å²) in [5.74, 6) is 0.574. The molecule has 1 aromatic heterocycles. The number of imidazole rings is 1. The number of carbonyl (C=O) groups excluding carboxylic acids is 1. The predicted octanol–water partition coefficient (Wildman–Crippen LogP) is 4.80. The summed E-state index contributed by atoms with van der Waals surface area (Å²) < 4.78 is 3.69. The molecule has 1 amide bonds. The lowest BCUT2D eigenvalue weighted by Crippen LogP contribution is -2.31. The number of amides is 1. The monoisotopic (exact) mass is 415 g/mol. The van der Waals surface area contributed by atoms with Crippen molar-refractivity contribution in [2.75, 3.05) is 13.1 Å². The van der Waals surface area contributed by atoms with Gasteiger partial charge in [-0.05, 0) is 61.1 Å². The first-order chi connectivity index (χ1) is 15.2. The Kier molecular flexibility index (Phi) is 5.26. The minimum absolute atomic E-state index is 0.0240. The molecule has 1 saturated heterocycles. The molecule has 0 radical (unpaired) electrons. The van der Waals surface area contributed by atoms with Crippen LogP contribution in [0.3, 0.4) is 0 Å². The summed E-state index contributed by atoms with van der Waals surface area (Å²) in [6, 6.07) is 16.5. The molecular weight excluding hydrogens is 386 g/mol. The van der Waals surface area contributed by atoms with Gasteiger partial charge >= 0.3 is 5.69 Å². The van der Waals surface area contributed by atoms with Crippen LogP contribution in [0.1, 0.15) is 56.0 Å². The number of likely N-dealkylation sites (tertiary alicyclic amines) is 1. The van der Waals surface area contributed by atoms with Crippen molar-refractivity contribution in [3.8, 4) is 5.69 Å². The summed E-state index contributed by atoms with van der Waals surface area (Å²) in [5.41, 5.74) is 4.07. The van der Waals surface area contributed by atoms with Crippen LogP contribution in [0.4, 0.5) is 0 Å². The van der Waals surface area contributed by atoms with E-state index in [1.54, 1.807) is 4.90 Å². The lowest BCUT2D eigenvalue weighted by atomic mass is 9.84. The van der Waals surface area contributed by atoms with Crippen molar-refractivity contribution in [3.05, 3.63) is 77.2 Å².